The van der Waals surface area contributed by atoms with Crippen LogP contribution >= 0.6 is 0 Å². The van der Waals surface area contributed by atoms with Gasteiger partial charge in [-0.1, -0.05) is 18.6 Å². The number of nitrogens with one attached hydrogen (secondary N) is 1. The van der Waals surface area contributed by atoms with Gasteiger partial charge in [-0.25, -0.2) is 4.39 Å². The van der Waals surface area contributed by atoms with E-state index in [2.05, 4.69) is 23.2 Å². The maximum Gasteiger partial charge on any atom is 0.126 e. The lowest BCUT2D eigenvalue weighted by Crippen LogP contribution is -2.50. The topological polar surface area (TPSA) is 15.3 Å². The van der Waals surface area contributed by atoms with Crippen LogP contribution < -0.4 is 5.32 Å². The Morgan fingerprint density at radius 2 is 2.10 bits per heavy atom. The van der Waals surface area contributed by atoms with E-state index >= 15 is 0 Å². The van der Waals surface area contributed by atoms with Crippen LogP contribution in [0.15, 0.2) is 18.2 Å². The van der Waals surface area contributed by atoms with Crippen LogP contribution in [0.4, 0.5) is 4.39 Å². The highest BCUT2D eigenvalue weighted by Gasteiger charge is 2.34. The van der Waals surface area contributed by atoms with E-state index in [9.17, 15) is 4.39 Å². The Hall–Kier alpha value is -0.930. The summed E-state index contributed by atoms with van der Waals surface area (Å²) in [5.74, 6) is -0.0769. The number of rotatable bonds is 3. The van der Waals surface area contributed by atoms with Crippen LogP contribution in [-0.4, -0.2) is 30.1 Å². The lowest BCUT2D eigenvalue weighted by atomic mass is 9.91. The first-order chi connectivity index (χ1) is 10.2. The molecule has 0 aromatic heterocycles. The largest absolute Gasteiger partial charge is 0.312 e. The molecule has 2 nitrogen and oxygen atoms in total. The summed E-state index contributed by atoms with van der Waals surface area (Å²) >= 11 is 0. The Morgan fingerprint density at radius 1 is 1.24 bits per heavy atom. The number of aryl methyl sites for hydroxylation is 1. The standard InChI is InChI=1S/C18H27FN2/c1-13-8-9-15(12-16(13)19)14(2)21-11-4-3-7-18(21)17-6-5-10-20-17/h8-9,12,14,17-18,20H,3-7,10-11H2,1-2H3. The Bertz CT molecular complexity index is 482. The molecule has 0 saturated carbocycles. The summed E-state index contributed by atoms with van der Waals surface area (Å²) in [6.07, 6.45) is 6.45. The van der Waals surface area contributed by atoms with Crippen molar-refractivity contribution in [3.8, 4) is 0 Å². The van der Waals surface area contributed by atoms with Gasteiger partial charge in [0.15, 0.2) is 0 Å². The molecule has 21 heavy (non-hydrogen) atoms. The smallest absolute Gasteiger partial charge is 0.126 e. The van der Waals surface area contributed by atoms with Crippen molar-refractivity contribution in [2.45, 2.75) is 64.1 Å². The summed E-state index contributed by atoms with van der Waals surface area (Å²) in [6.45, 7) is 6.36. The third kappa shape index (κ3) is 3.14. The lowest BCUT2D eigenvalue weighted by Gasteiger charge is -2.43. The number of likely N-dealkylation sites (tertiary alicyclic amines) is 1. The molecule has 1 N–H and O–H groups in total. The Morgan fingerprint density at radius 3 is 2.81 bits per heavy atom. The van der Waals surface area contributed by atoms with Gasteiger partial charge in [0.2, 0.25) is 0 Å². The third-order valence-electron chi connectivity index (χ3n) is 5.33. The molecular formula is C18H27FN2. The quantitative estimate of drug-likeness (QED) is 0.911. The second-order valence-corrected chi connectivity index (χ2v) is 6.69. The maximum atomic E-state index is 13.9. The first kappa shape index (κ1) is 15.0. The van der Waals surface area contributed by atoms with Crippen LogP contribution in [0.1, 0.15) is 56.2 Å². The molecule has 2 aliphatic heterocycles. The van der Waals surface area contributed by atoms with Gasteiger partial charge < -0.3 is 5.32 Å². The molecule has 0 spiro atoms. The fraction of sp³-hybridized carbons (Fsp3) is 0.667. The van der Waals surface area contributed by atoms with Gasteiger partial charge in [-0.15, -0.1) is 0 Å². The predicted octanol–water partition coefficient (Wildman–Crippen LogP) is 3.80. The van der Waals surface area contributed by atoms with E-state index in [4.69, 9.17) is 0 Å². The van der Waals surface area contributed by atoms with Crippen LogP contribution in [0.5, 0.6) is 0 Å². The van der Waals surface area contributed by atoms with E-state index in [0.717, 1.165) is 24.2 Å². The van der Waals surface area contributed by atoms with Gasteiger partial charge in [-0.3, -0.25) is 4.90 Å². The van der Waals surface area contributed by atoms with E-state index in [-0.39, 0.29) is 5.82 Å². The van der Waals surface area contributed by atoms with Gasteiger partial charge in [-0.05, 0) is 69.8 Å². The van der Waals surface area contributed by atoms with E-state index in [1.165, 1.54) is 32.1 Å². The second-order valence-electron chi connectivity index (χ2n) is 6.69. The molecule has 116 valence electrons. The molecule has 3 heteroatoms. The van der Waals surface area contributed by atoms with Crippen molar-refractivity contribution < 1.29 is 4.39 Å². The molecule has 2 fully saturated rings. The minimum absolute atomic E-state index is 0.0769. The average molecular weight is 290 g/mol. The molecule has 1 aromatic carbocycles. The molecule has 0 radical (unpaired) electrons. The van der Waals surface area contributed by atoms with Crippen molar-refractivity contribution in [3.63, 3.8) is 0 Å². The highest BCUT2D eigenvalue weighted by molar-refractivity contribution is 5.25. The molecular weight excluding hydrogens is 263 g/mol. The van der Waals surface area contributed by atoms with Crippen molar-refractivity contribution in [3.05, 3.63) is 35.1 Å². The zero-order valence-corrected chi connectivity index (χ0v) is 13.2. The molecule has 3 rings (SSSR count). The first-order valence-electron chi connectivity index (χ1n) is 8.42. The van der Waals surface area contributed by atoms with Crippen molar-refractivity contribution in [1.82, 2.24) is 10.2 Å². The summed E-state index contributed by atoms with van der Waals surface area (Å²) < 4.78 is 13.9. The molecule has 1 aromatic rings. The van der Waals surface area contributed by atoms with Gasteiger partial charge in [0.1, 0.15) is 5.82 Å². The van der Waals surface area contributed by atoms with Gasteiger partial charge in [-0.2, -0.15) is 0 Å². The molecule has 0 amide bonds. The zero-order chi connectivity index (χ0) is 14.8. The van der Waals surface area contributed by atoms with Crippen LogP contribution in [0.25, 0.3) is 0 Å². The molecule has 3 unspecified atom stereocenters. The minimum atomic E-state index is -0.0769. The second kappa shape index (κ2) is 6.45. The minimum Gasteiger partial charge on any atom is -0.312 e. The molecule has 2 heterocycles. The summed E-state index contributed by atoms with van der Waals surface area (Å²) in [4.78, 5) is 2.61. The summed E-state index contributed by atoms with van der Waals surface area (Å²) in [5.41, 5.74) is 1.85. The number of halogens is 1. The van der Waals surface area contributed by atoms with Crippen LogP contribution in [0.2, 0.25) is 0 Å². The third-order valence-corrected chi connectivity index (χ3v) is 5.33. The Labute approximate surface area is 127 Å². The fourth-order valence-corrected chi connectivity index (χ4v) is 3.99. The van der Waals surface area contributed by atoms with Crippen molar-refractivity contribution in [1.29, 1.82) is 0 Å². The summed E-state index contributed by atoms with van der Waals surface area (Å²) in [7, 11) is 0. The summed E-state index contributed by atoms with van der Waals surface area (Å²) in [6, 6.07) is 7.27. The normalized spacial score (nSPS) is 28.7. The zero-order valence-electron chi connectivity index (χ0n) is 13.2. The molecule has 2 saturated heterocycles. The van der Waals surface area contributed by atoms with E-state index in [1.54, 1.807) is 6.07 Å². The van der Waals surface area contributed by atoms with E-state index in [0.29, 0.717) is 18.1 Å². The van der Waals surface area contributed by atoms with Crippen LogP contribution in [-0.2, 0) is 0 Å². The number of piperidine rings is 1. The van der Waals surface area contributed by atoms with Gasteiger partial charge in [0.25, 0.3) is 0 Å². The molecule has 0 bridgehead atoms. The SMILES string of the molecule is Cc1ccc(C(C)N2CCCCC2C2CCCN2)cc1F. The predicted molar refractivity (Wildman–Crippen MR) is 84.9 cm³/mol. The molecule has 3 atom stereocenters. The maximum absolute atomic E-state index is 13.9. The van der Waals surface area contributed by atoms with Gasteiger partial charge in [0.05, 0.1) is 0 Å². The Kier molecular flexibility index (Phi) is 4.60. The number of hydrogen-bond acceptors (Lipinski definition) is 2. The number of nitrogens with zero attached hydrogens (tertiary/aromatic N) is 1. The number of benzene rings is 1. The first-order valence-corrected chi connectivity index (χ1v) is 8.42. The monoisotopic (exact) mass is 290 g/mol. The van der Waals surface area contributed by atoms with Crippen molar-refractivity contribution in [2.75, 3.05) is 13.1 Å². The lowest BCUT2D eigenvalue weighted by molar-refractivity contribution is 0.0801. The van der Waals surface area contributed by atoms with E-state index in [1.807, 2.05) is 13.0 Å². The Balaban J connectivity index is 1.79. The number of hydrogen-bond donors (Lipinski definition) is 1. The fourth-order valence-electron chi connectivity index (χ4n) is 3.99. The average Bonchev–Trinajstić information content (AvgIpc) is 3.03. The summed E-state index contributed by atoms with van der Waals surface area (Å²) in [5, 5.41) is 3.67. The van der Waals surface area contributed by atoms with Gasteiger partial charge in [0, 0.05) is 18.1 Å². The van der Waals surface area contributed by atoms with Crippen LogP contribution in [0.3, 0.4) is 0 Å². The highest BCUT2D eigenvalue weighted by atomic mass is 19.1. The highest BCUT2D eigenvalue weighted by Crippen LogP contribution is 2.32. The van der Waals surface area contributed by atoms with E-state index < -0.39 is 0 Å². The molecule has 0 aliphatic carbocycles. The van der Waals surface area contributed by atoms with Crippen molar-refractivity contribution in [2.24, 2.45) is 0 Å². The van der Waals surface area contributed by atoms with Crippen LogP contribution in [0, 0.1) is 12.7 Å². The molecule has 2 aliphatic rings. The van der Waals surface area contributed by atoms with Crippen molar-refractivity contribution >= 4 is 0 Å². The van der Waals surface area contributed by atoms with Gasteiger partial charge >= 0.3 is 0 Å².